The maximum absolute atomic E-state index is 13.0. The molecule has 4 amide bonds. The highest BCUT2D eigenvalue weighted by Crippen LogP contribution is 2.38. The molecule has 0 aromatic rings. The molecule has 0 aromatic carbocycles. The molecule has 1 spiro atoms. The van der Waals surface area contributed by atoms with Gasteiger partial charge in [-0.2, -0.15) is 0 Å². The number of hydrogen-bond donors (Lipinski definition) is 1. The summed E-state index contributed by atoms with van der Waals surface area (Å²) in [4.78, 5) is 41.1. The molecule has 2 saturated heterocycles. The van der Waals surface area contributed by atoms with E-state index < -0.39 is 11.6 Å². The van der Waals surface area contributed by atoms with Gasteiger partial charge in [-0.25, -0.2) is 4.79 Å². The first-order chi connectivity index (χ1) is 11.4. The Morgan fingerprint density at radius 1 is 1.08 bits per heavy atom. The number of piperidine rings is 1. The average Bonchev–Trinajstić information content (AvgIpc) is 2.75. The monoisotopic (exact) mass is 335 g/mol. The second kappa shape index (κ2) is 6.37. The molecule has 1 saturated carbocycles. The predicted octanol–water partition coefficient (Wildman–Crippen LogP) is 2.28. The van der Waals surface area contributed by atoms with Crippen molar-refractivity contribution in [1.29, 1.82) is 0 Å². The summed E-state index contributed by atoms with van der Waals surface area (Å²) >= 11 is 0. The van der Waals surface area contributed by atoms with E-state index in [1.807, 2.05) is 25.7 Å². The summed E-state index contributed by atoms with van der Waals surface area (Å²) in [6.45, 7) is 5.99. The lowest BCUT2D eigenvalue weighted by Crippen LogP contribution is -2.55. The third kappa shape index (κ3) is 2.70. The van der Waals surface area contributed by atoms with Crippen LogP contribution in [0.15, 0.2) is 0 Å². The van der Waals surface area contributed by atoms with Gasteiger partial charge in [0.25, 0.3) is 5.91 Å². The van der Waals surface area contributed by atoms with Crippen LogP contribution in [-0.4, -0.2) is 51.8 Å². The Balaban J connectivity index is 1.74. The highest BCUT2D eigenvalue weighted by atomic mass is 16.2. The summed E-state index contributed by atoms with van der Waals surface area (Å²) in [6.07, 6.45) is 6.74. The molecule has 2 heterocycles. The number of hydrogen-bond acceptors (Lipinski definition) is 3. The molecule has 1 N–H and O–H groups in total. The number of imide groups is 1. The Hall–Kier alpha value is -1.59. The van der Waals surface area contributed by atoms with Gasteiger partial charge in [0.2, 0.25) is 5.91 Å². The zero-order valence-corrected chi connectivity index (χ0v) is 15.0. The van der Waals surface area contributed by atoms with Gasteiger partial charge in [0.05, 0.1) is 0 Å². The molecule has 134 valence electrons. The summed E-state index contributed by atoms with van der Waals surface area (Å²) < 4.78 is 0. The van der Waals surface area contributed by atoms with Gasteiger partial charge in [-0.05, 0) is 51.9 Å². The second-order valence-corrected chi connectivity index (χ2v) is 7.87. The highest BCUT2D eigenvalue weighted by molar-refractivity contribution is 6.09. The molecule has 3 fully saturated rings. The lowest BCUT2D eigenvalue weighted by Gasteiger charge is -2.40. The third-order valence-electron chi connectivity index (χ3n) is 6.28. The molecular formula is C18H29N3O3. The van der Waals surface area contributed by atoms with Crippen LogP contribution >= 0.6 is 0 Å². The van der Waals surface area contributed by atoms with Crippen LogP contribution in [0.25, 0.3) is 0 Å². The Kier molecular flexibility index (Phi) is 4.58. The van der Waals surface area contributed by atoms with Crippen molar-refractivity contribution in [2.45, 2.75) is 83.3 Å². The lowest BCUT2D eigenvalue weighted by molar-refractivity contribution is -0.143. The van der Waals surface area contributed by atoms with Crippen molar-refractivity contribution in [3.8, 4) is 0 Å². The molecule has 0 radical (unpaired) electrons. The Labute approximate surface area is 143 Å². The molecule has 3 aliphatic rings. The van der Waals surface area contributed by atoms with Crippen molar-refractivity contribution >= 4 is 17.8 Å². The standard InChI is InChI=1S/C18H29N3O3/c1-12-7-4-5-10-18(12)16(23)20(17(24)19-18)11-15(22)21-13(2)8-6-9-14(21)3/h12-14H,4-11H2,1-3H3,(H,19,24)/t12-,13-,14+,18+/m0/s1. The number of likely N-dealkylation sites (tertiary alicyclic amines) is 1. The van der Waals surface area contributed by atoms with E-state index in [9.17, 15) is 14.4 Å². The van der Waals surface area contributed by atoms with Gasteiger partial charge in [-0.3, -0.25) is 14.5 Å². The number of nitrogens with zero attached hydrogens (tertiary/aromatic N) is 2. The molecule has 24 heavy (non-hydrogen) atoms. The topological polar surface area (TPSA) is 69.7 Å². The quantitative estimate of drug-likeness (QED) is 0.787. The zero-order valence-electron chi connectivity index (χ0n) is 15.0. The van der Waals surface area contributed by atoms with Gasteiger partial charge in [0.1, 0.15) is 12.1 Å². The van der Waals surface area contributed by atoms with Crippen LogP contribution in [0.3, 0.4) is 0 Å². The predicted molar refractivity (Wildman–Crippen MR) is 90.2 cm³/mol. The Morgan fingerprint density at radius 3 is 2.38 bits per heavy atom. The number of urea groups is 1. The second-order valence-electron chi connectivity index (χ2n) is 7.87. The first kappa shape index (κ1) is 17.2. The molecule has 6 nitrogen and oxygen atoms in total. The summed E-state index contributed by atoms with van der Waals surface area (Å²) in [5.41, 5.74) is -0.783. The van der Waals surface area contributed by atoms with E-state index in [4.69, 9.17) is 0 Å². The summed E-state index contributed by atoms with van der Waals surface area (Å²) in [5.74, 6) is -0.195. The van der Waals surface area contributed by atoms with Crippen LogP contribution in [0.2, 0.25) is 0 Å². The van der Waals surface area contributed by atoms with Crippen LogP contribution in [-0.2, 0) is 9.59 Å². The van der Waals surface area contributed by atoms with Gasteiger partial charge in [-0.15, -0.1) is 0 Å². The van der Waals surface area contributed by atoms with Gasteiger partial charge < -0.3 is 10.2 Å². The normalized spacial score (nSPS) is 37.0. The number of carbonyl (C=O) groups is 3. The van der Waals surface area contributed by atoms with Crippen molar-refractivity contribution < 1.29 is 14.4 Å². The van der Waals surface area contributed by atoms with Gasteiger partial charge in [-0.1, -0.05) is 19.8 Å². The van der Waals surface area contributed by atoms with Crippen LogP contribution in [0.4, 0.5) is 4.79 Å². The van der Waals surface area contributed by atoms with Crippen LogP contribution in [0.1, 0.15) is 65.7 Å². The first-order valence-corrected chi connectivity index (χ1v) is 9.32. The minimum atomic E-state index is -0.783. The third-order valence-corrected chi connectivity index (χ3v) is 6.28. The fourth-order valence-corrected chi connectivity index (χ4v) is 4.77. The van der Waals surface area contributed by atoms with Crippen molar-refractivity contribution in [1.82, 2.24) is 15.1 Å². The molecule has 1 aliphatic carbocycles. The number of amides is 4. The molecular weight excluding hydrogens is 306 g/mol. The van der Waals surface area contributed by atoms with Crippen LogP contribution < -0.4 is 5.32 Å². The highest BCUT2D eigenvalue weighted by Gasteiger charge is 2.55. The van der Waals surface area contributed by atoms with Crippen molar-refractivity contribution in [3.05, 3.63) is 0 Å². The molecule has 0 aromatic heterocycles. The van der Waals surface area contributed by atoms with Crippen molar-refractivity contribution in [2.75, 3.05) is 6.54 Å². The van der Waals surface area contributed by atoms with Crippen LogP contribution in [0.5, 0.6) is 0 Å². The smallest absolute Gasteiger partial charge is 0.325 e. The van der Waals surface area contributed by atoms with Gasteiger partial charge in [0, 0.05) is 12.1 Å². The van der Waals surface area contributed by atoms with Gasteiger partial charge >= 0.3 is 6.03 Å². The maximum Gasteiger partial charge on any atom is 0.325 e. The number of carbonyl (C=O) groups excluding carboxylic acids is 3. The minimum Gasteiger partial charge on any atom is -0.336 e. The summed E-state index contributed by atoms with van der Waals surface area (Å²) in [7, 11) is 0. The van der Waals surface area contributed by atoms with Crippen LogP contribution in [0, 0.1) is 5.92 Å². The Morgan fingerprint density at radius 2 is 1.75 bits per heavy atom. The van der Waals surface area contributed by atoms with E-state index >= 15 is 0 Å². The van der Waals surface area contributed by atoms with E-state index in [2.05, 4.69) is 5.32 Å². The van der Waals surface area contributed by atoms with E-state index in [1.54, 1.807) is 0 Å². The first-order valence-electron chi connectivity index (χ1n) is 9.32. The number of rotatable bonds is 2. The van der Waals surface area contributed by atoms with Crippen molar-refractivity contribution in [3.63, 3.8) is 0 Å². The van der Waals surface area contributed by atoms with Crippen molar-refractivity contribution in [2.24, 2.45) is 5.92 Å². The lowest BCUT2D eigenvalue weighted by atomic mass is 9.73. The van der Waals surface area contributed by atoms with Gasteiger partial charge in [0.15, 0.2) is 0 Å². The number of nitrogens with one attached hydrogen (secondary N) is 1. The molecule has 3 rings (SSSR count). The molecule has 2 aliphatic heterocycles. The minimum absolute atomic E-state index is 0.112. The summed E-state index contributed by atoms with van der Waals surface area (Å²) in [5, 5.41) is 2.92. The zero-order chi connectivity index (χ0) is 17.5. The average molecular weight is 335 g/mol. The molecule has 0 bridgehead atoms. The SMILES string of the molecule is C[C@@H]1CCC[C@H](C)N1C(=O)CN1C(=O)N[C@@]2(CCCC[C@@H]2C)C1=O. The van der Waals surface area contributed by atoms with E-state index in [-0.39, 0.29) is 36.4 Å². The fraction of sp³-hybridized carbons (Fsp3) is 0.833. The van der Waals surface area contributed by atoms with E-state index in [1.165, 1.54) is 0 Å². The Bertz CT molecular complexity index is 540. The van der Waals surface area contributed by atoms with E-state index in [0.29, 0.717) is 6.42 Å². The fourth-order valence-electron chi connectivity index (χ4n) is 4.77. The summed E-state index contributed by atoms with van der Waals surface area (Å²) in [6, 6.07) is -0.0615. The molecule has 0 unspecified atom stereocenters. The molecule has 4 atom stereocenters. The maximum atomic E-state index is 13.0. The van der Waals surface area contributed by atoms with E-state index in [0.717, 1.165) is 43.4 Å². The molecule has 6 heteroatoms. The largest absolute Gasteiger partial charge is 0.336 e.